The zero-order chi connectivity index (χ0) is 10.7. The lowest BCUT2D eigenvalue weighted by Gasteiger charge is -2.14. The van der Waals surface area contributed by atoms with Gasteiger partial charge in [0.1, 0.15) is 5.69 Å². The van der Waals surface area contributed by atoms with Gasteiger partial charge >= 0.3 is 0 Å². The minimum Gasteiger partial charge on any atom is -0.348 e. The molecule has 2 rings (SSSR count). The first-order valence-electron chi connectivity index (χ1n) is 5.64. The molecule has 1 aliphatic rings. The highest BCUT2D eigenvalue weighted by molar-refractivity contribution is 5.93. The average molecular weight is 207 g/mol. The molecule has 2 heterocycles. The second-order valence-electron chi connectivity index (χ2n) is 3.98. The molecule has 1 fully saturated rings. The number of rotatable bonds is 3. The summed E-state index contributed by atoms with van der Waals surface area (Å²) in [7, 11) is 0. The van der Waals surface area contributed by atoms with Crippen LogP contribution < -0.4 is 0 Å². The van der Waals surface area contributed by atoms with Crippen molar-refractivity contribution in [1.82, 2.24) is 14.9 Å². The van der Waals surface area contributed by atoms with E-state index in [-0.39, 0.29) is 5.91 Å². The van der Waals surface area contributed by atoms with Gasteiger partial charge in [0.2, 0.25) is 0 Å². The number of H-pyrrole nitrogens is 1. The molecule has 0 bridgehead atoms. The van der Waals surface area contributed by atoms with E-state index >= 15 is 0 Å². The van der Waals surface area contributed by atoms with Gasteiger partial charge in [-0.2, -0.15) is 0 Å². The van der Waals surface area contributed by atoms with Crippen LogP contribution in [0.4, 0.5) is 0 Å². The van der Waals surface area contributed by atoms with Gasteiger partial charge in [-0.05, 0) is 19.3 Å². The summed E-state index contributed by atoms with van der Waals surface area (Å²) in [5.41, 5.74) is 1.60. The number of imidazole rings is 1. The van der Waals surface area contributed by atoms with Crippen molar-refractivity contribution in [1.29, 1.82) is 0 Å². The molecule has 0 spiro atoms. The highest BCUT2D eigenvalue weighted by Crippen LogP contribution is 2.14. The maximum atomic E-state index is 12.0. The molecule has 0 aliphatic carbocycles. The first kappa shape index (κ1) is 10.2. The summed E-state index contributed by atoms with van der Waals surface area (Å²) in [6, 6.07) is 0. The molecule has 0 saturated carbocycles. The molecule has 1 aromatic heterocycles. The lowest BCUT2D eigenvalue weighted by molar-refractivity contribution is 0.0786. The molecule has 1 amide bonds. The van der Waals surface area contributed by atoms with E-state index in [2.05, 4.69) is 16.9 Å². The maximum Gasteiger partial charge on any atom is 0.274 e. The molecule has 0 radical (unpaired) electrons. The molecule has 15 heavy (non-hydrogen) atoms. The van der Waals surface area contributed by atoms with Crippen LogP contribution in [0.15, 0.2) is 6.33 Å². The molecule has 82 valence electrons. The summed E-state index contributed by atoms with van der Waals surface area (Å²) in [5, 5.41) is 0. The first-order chi connectivity index (χ1) is 7.33. The van der Waals surface area contributed by atoms with Gasteiger partial charge < -0.3 is 9.88 Å². The van der Waals surface area contributed by atoms with Crippen molar-refractivity contribution in [3.63, 3.8) is 0 Å². The highest BCUT2D eigenvalue weighted by atomic mass is 16.2. The zero-order valence-electron chi connectivity index (χ0n) is 9.12. The summed E-state index contributed by atoms with van der Waals surface area (Å²) in [6.07, 6.45) is 5.80. The summed E-state index contributed by atoms with van der Waals surface area (Å²) in [6.45, 7) is 3.87. The molecule has 1 aliphatic heterocycles. The first-order valence-corrected chi connectivity index (χ1v) is 5.64. The van der Waals surface area contributed by atoms with E-state index in [9.17, 15) is 4.79 Å². The molecular formula is C11H17N3O. The van der Waals surface area contributed by atoms with Gasteiger partial charge in [-0.15, -0.1) is 0 Å². The molecule has 1 N–H and O–H groups in total. The van der Waals surface area contributed by atoms with Gasteiger partial charge in [0, 0.05) is 18.8 Å². The summed E-state index contributed by atoms with van der Waals surface area (Å²) >= 11 is 0. The summed E-state index contributed by atoms with van der Waals surface area (Å²) < 4.78 is 0. The normalized spacial score (nSPS) is 15.9. The monoisotopic (exact) mass is 207 g/mol. The molecule has 0 unspecified atom stereocenters. The minimum atomic E-state index is 0.0946. The number of nitrogens with one attached hydrogen (secondary N) is 1. The number of aryl methyl sites for hydroxylation is 1. The van der Waals surface area contributed by atoms with Crippen LogP contribution in [0.25, 0.3) is 0 Å². The third kappa shape index (κ3) is 2.03. The quantitative estimate of drug-likeness (QED) is 0.818. The van der Waals surface area contributed by atoms with E-state index in [0.717, 1.165) is 44.5 Å². The molecule has 0 aromatic carbocycles. The predicted molar refractivity (Wildman–Crippen MR) is 57.7 cm³/mol. The Kier molecular flexibility index (Phi) is 3.04. The second kappa shape index (κ2) is 4.47. The van der Waals surface area contributed by atoms with E-state index in [1.165, 1.54) is 0 Å². The Morgan fingerprint density at radius 2 is 2.27 bits per heavy atom. The lowest BCUT2D eigenvalue weighted by Crippen LogP contribution is -2.28. The van der Waals surface area contributed by atoms with E-state index < -0.39 is 0 Å². The molecule has 1 saturated heterocycles. The fourth-order valence-electron chi connectivity index (χ4n) is 2.02. The van der Waals surface area contributed by atoms with Crippen molar-refractivity contribution in [2.24, 2.45) is 0 Å². The van der Waals surface area contributed by atoms with Crippen molar-refractivity contribution >= 4 is 5.91 Å². The van der Waals surface area contributed by atoms with Crippen molar-refractivity contribution in [2.75, 3.05) is 13.1 Å². The van der Waals surface area contributed by atoms with Crippen molar-refractivity contribution in [3.8, 4) is 0 Å². The van der Waals surface area contributed by atoms with Crippen LogP contribution in [0.2, 0.25) is 0 Å². The highest BCUT2D eigenvalue weighted by Gasteiger charge is 2.23. The second-order valence-corrected chi connectivity index (χ2v) is 3.98. The van der Waals surface area contributed by atoms with Crippen LogP contribution in [-0.4, -0.2) is 33.9 Å². The molecular weight excluding hydrogens is 190 g/mol. The maximum absolute atomic E-state index is 12.0. The number of aromatic amines is 1. The third-order valence-electron chi connectivity index (χ3n) is 2.81. The van der Waals surface area contributed by atoms with Crippen LogP contribution >= 0.6 is 0 Å². The molecule has 4 nitrogen and oxygen atoms in total. The molecule has 1 aromatic rings. The zero-order valence-corrected chi connectivity index (χ0v) is 9.12. The summed E-state index contributed by atoms with van der Waals surface area (Å²) in [4.78, 5) is 21.1. The van der Waals surface area contributed by atoms with Crippen molar-refractivity contribution in [3.05, 3.63) is 17.7 Å². The topological polar surface area (TPSA) is 49.0 Å². The third-order valence-corrected chi connectivity index (χ3v) is 2.81. The fourth-order valence-corrected chi connectivity index (χ4v) is 2.02. The van der Waals surface area contributed by atoms with Crippen LogP contribution in [0.5, 0.6) is 0 Å². The van der Waals surface area contributed by atoms with Crippen LogP contribution in [0, 0.1) is 0 Å². The predicted octanol–water partition coefficient (Wildman–Crippen LogP) is 1.60. The Morgan fingerprint density at radius 3 is 2.93 bits per heavy atom. The fraction of sp³-hybridized carbons (Fsp3) is 0.636. The van der Waals surface area contributed by atoms with Crippen LogP contribution in [0.3, 0.4) is 0 Å². The van der Waals surface area contributed by atoms with E-state index in [1.54, 1.807) is 6.33 Å². The van der Waals surface area contributed by atoms with Crippen molar-refractivity contribution < 1.29 is 4.79 Å². The van der Waals surface area contributed by atoms with Gasteiger partial charge in [0.05, 0.1) is 6.33 Å². The number of hydrogen-bond donors (Lipinski definition) is 1. The largest absolute Gasteiger partial charge is 0.348 e. The number of likely N-dealkylation sites (tertiary alicyclic amines) is 1. The van der Waals surface area contributed by atoms with Gasteiger partial charge in [-0.1, -0.05) is 13.3 Å². The number of amides is 1. The lowest BCUT2D eigenvalue weighted by atomic mass is 10.2. The minimum absolute atomic E-state index is 0.0946. The van der Waals surface area contributed by atoms with Gasteiger partial charge in [0.15, 0.2) is 0 Å². The van der Waals surface area contributed by atoms with Crippen LogP contribution in [0.1, 0.15) is 42.4 Å². The van der Waals surface area contributed by atoms with Crippen molar-refractivity contribution in [2.45, 2.75) is 32.6 Å². The molecule has 4 heteroatoms. The Morgan fingerprint density at radius 1 is 1.53 bits per heavy atom. The SMILES string of the molecule is CCCc1[nH]cnc1C(=O)N1CCCC1. The standard InChI is InChI=1S/C11H17N3O/c1-2-5-9-10(13-8-12-9)11(15)14-6-3-4-7-14/h8H,2-7H2,1H3,(H,12,13). The smallest absolute Gasteiger partial charge is 0.274 e. The summed E-state index contributed by atoms with van der Waals surface area (Å²) in [5.74, 6) is 0.0946. The van der Waals surface area contributed by atoms with Gasteiger partial charge in [-0.25, -0.2) is 4.98 Å². The number of hydrogen-bond acceptors (Lipinski definition) is 2. The Hall–Kier alpha value is -1.32. The van der Waals surface area contributed by atoms with E-state index in [4.69, 9.17) is 0 Å². The Bertz CT molecular complexity index is 339. The Labute approximate surface area is 89.7 Å². The number of carbonyl (C=O) groups excluding carboxylic acids is 1. The number of carbonyl (C=O) groups is 1. The average Bonchev–Trinajstić information content (AvgIpc) is 2.87. The van der Waals surface area contributed by atoms with E-state index in [0.29, 0.717) is 5.69 Å². The molecule has 0 atom stereocenters. The Balaban J connectivity index is 2.13. The van der Waals surface area contributed by atoms with E-state index in [1.807, 2.05) is 4.90 Å². The van der Waals surface area contributed by atoms with Crippen LogP contribution in [-0.2, 0) is 6.42 Å². The van der Waals surface area contributed by atoms with Gasteiger partial charge in [-0.3, -0.25) is 4.79 Å². The van der Waals surface area contributed by atoms with Gasteiger partial charge in [0.25, 0.3) is 5.91 Å². The number of nitrogens with zero attached hydrogens (tertiary/aromatic N) is 2. The number of aromatic nitrogens is 2.